The third kappa shape index (κ3) is 1.92. The van der Waals surface area contributed by atoms with Gasteiger partial charge in [0.25, 0.3) is 0 Å². The number of nitrogens with one attached hydrogen (secondary N) is 1. The van der Waals surface area contributed by atoms with Crippen molar-refractivity contribution in [2.45, 2.75) is 18.9 Å². The molecule has 1 aliphatic rings. The number of hydrogen-bond donors (Lipinski definition) is 2. The van der Waals surface area contributed by atoms with Crippen LogP contribution in [0.15, 0.2) is 0 Å². The molecule has 0 radical (unpaired) electrons. The molecule has 0 aromatic heterocycles. The van der Waals surface area contributed by atoms with E-state index in [0.717, 1.165) is 13.0 Å². The maximum atomic E-state index is 10.9. The number of hydrogen-bond acceptors (Lipinski definition) is 3. The van der Waals surface area contributed by atoms with Gasteiger partial charge in [-0.2, -0.15) is 5.26 Å². The molecule has 1 aliphatic heterocycles. The molecule has 0 unspecified atom stereocenters. The summed E-state index contributed by atoms with van der Waals surface area (Å²) in [5.41, 5.74) is 5.37. The van der Waals surface area contributed by atoms with Crippen LogP contribution in [-0.4, -0.2) is 18.5 Å². The predicted octanol–water partition coefficient (Wildman–Crippen LogP) is -0.637. The van der Waals surface area contributed by atoms with E-state index >= 15 is 0 Å². The fraction of sp³-hybridized carbons (Fsp3) is 0.714. The van der Waals surface area contributed by atoms with Crippen molar-refractivity contribution in [2.75, 3.05) is 6.54 Å². The van der Waals surface area contributed by atoms with Gasteiger partial charge in [-0.3, -0.25) is 4.79 Å². The molecule has 1 heterocycles. The van der Waals surface area contributed by atoms with E-state index in [1.807, 2.05) is 6.07 Å². The SMILES string of the molecule is N#C[C@H](N)C[C@@H]1CCNC1=O. The molecule has 1 rings (SSSR count). The highest BCUT2D eigenvalue weighted by Gasteiger charge is 2.25. The second kappa shape index (κ2) is 3.35. The first-order chi connectivity index (χ1) is 5.24. The van der Waals surface area contributed by atoms with Crippen LogP contribution in [0.5, 0.6) is 0 Å². The molecular formula is C7H11N3O. The van der Waals surface area contributed by atoms with E-state index in [0.29, 0.717) is 6.42 Å². The molecule has 1 amide bonds. The third-order valence-corrected chi connectivity index (χ3v) is 1.87. The number of carbonyl (C=O) groups excluding carboxylic acids is 1. The van der Waals surface area contributed by atoms with Crippen molar-refractivity contribution >= 4 is 5.91 Å². The van der Waals surface area contributed by atoms with Crippen LogP contribution < -0.4 is 11.1 Å². The number of nitrogens with two attached hydrogens (primary N) is 1. The van der Waals surface area contributed by atoms with Crippen molar-refractivity contribution in [1.29, 1.82) is 5.26 Å². The van der Waals surface area contributed by atoms with Gasteiger partial charge in [-0.05, 0) is 12.8 Å². The molecule has 2 atom stereocenters. The highest BCUT2D eigenvalue weighted by molar-refractivity contribution is 5.80. The zero-order valence-corrected chi connectivity index (χ0v) is 6.21. The van der Waals surface area contributed by atoms with Gasteiger partial charge in [-0.25, -0.2) is 0 Å². The lowest BCUT2D eigenvalue weighted by atomic mass is 10.00. The summed E-state index contributed by atoms with van der Waals surface area (Å²) >= 11 is 0. The van der Waals surface area contributed by atoms with Gasteiger partial charge in [-0.1, -0.05) is 0 Å². The first-order valence-electron chi connectivity index (χ1n) is 3.67. The summed E-state index contributed by atoms with van der Waals surface area (Å²) in [6.07, 6.45) is 1.30. The zero-order chi connectivity index (χ0) is 8.27. The van der Waals surface area contributed by atoms with Crippen molar-refractivity contribution in [2.24, 2.45) is 11.7 Å². The highest BCUT2D eigenvalue weighted by Crippen LogP contribution is 2.14. The lowest BCUT2D eigenvalue weighted by molar-refractivity contribution is -0.122. The molecule has 1 fully saturated rings. The van der Waals surface area contributed by atoms with Crippen LogP contribution in [0.3, 0.4) is 0 Å². The van der Waals surface area contributed by atoms with Gasteiger partial charge in [0.15, 0.2) is 0 Å². The molecule has 0 aromatic rings. The maximum absolute atomic E-state index is 10.9. The average molecular weight is 153 g/mol. The Hall–Kier alpha value is -1.08. The van der Waals surface area contributed by atoms with E-state index in [4.69, 9.17) is 11.0 Å². The summed E-state index contributed by atoms with van der Waals surface area (Å²) in [7, 11) is 0. The molecular weight excluding hydrogens is 142 g/mol. The summed E-state index contributed by atoms with van der Waals surface area (Å²) in [5, 5.41) is 11.1. The third-order valence-electron chi connectivity index (χ3n) is 1.87. The van der Waals surface area contributed by atoms with Crippen LogP contribution >= 0.6 is 0 Å². The van der Waals surface area contributed by atoms with Gasteiger partial charge in [0.05, 0.1) is 12.1 Å². The Labute approximate surface area is 65.4 Å². The van der Waals surface area contributed by atoms with E-state index in [1.165, 1.54) is 0 Å². The van der Waals surface area contributed by atoms with E-state index in [-0.39, 0.29) is 11.8 Å². The van der Waals surface area contributed by atoms with Crippen molar-refractivity contribution in [3.63, 3.8) is 0 Å². The van der Waals surface area contributed by atoms with Crippen LogP contribution in [0.4, 0.5) is 0 Å². The van der Waals surface area contributed by atoms with Crippen LogP contribution in [0.25, 0.3) is 0 Å². The van der Waals surface area contributed by atoms with E-state index < -0.39 is 6.04 Å². The molecule has 0 aliphatic carbocycles. The minimum Gasteiger partial charge on any atom is -0.356 e. The number of rotatable bonds is 2. The van der Waals surface area contributed by atoms with Gasteiger partial charge in [-0.15, -0.1) is 0 Å². The van der Waals surface area contributed by atoms with Gasteiger partial charge >= 0.3 is 0 Å². The number of nitrogens with zero attached hydrogens (tertiary/aromatic N) is 1. The lowest BCUT2D eigenvalue weighted by Gasteiger charge is -2.06. The summed E-state index contributed by atoms with van der Waals surface area (Å²) < 4.78 is 0. The molecule has 1 saturated heterocycles. The fourth-order valence-corrected chi connectivity index (χ4v) is 1.23. The second-order valence-electron chi connectivity index (χ2n) is 2.75. The molecule has 0 saturated carbocycles. The first-order valence-corrected chi connectivity index (χ1v) is 3.67. The highest BCUT2D eigenvalue weighted by atomic mass is 16.2. The molecule has 60 valence electrons. The van der Waals surface area contributed by atoms with Crippen molar-refractivity contribution in [3.8, 4) is 6.07 Å². The first kappa shape index (κ1) is 8.02. The number of amides is 1. The van der Waals surface area contributed by atoms with Gasteiger partial charge in [0.2, 0.25) is 5.91 Å². The Morgan fingerprint density at radius 3 is 3.09 bits per heavy atom. The summed E-state index contributed by atoms with van der Waals surface area (Å²) in [4.78, 5) is 10.9. The molecule has 0 spiro atoms. The topological polar surface area (TPSA) is 78.9 Å². The van der Waals surface area contributed by atoms with Gasteiger partial charge in [0.1, 0.15) is 0 Å². The minimum atomic E-state index is -0.496. The summed E-state index contributed by atoms with van der Waals surface area (Å²) in [6.45, 7) is 0.724. The quantitative estimate of drug-likeness (QED) is 0.554. The predicted molar refractivity (Wildman–Crippen MR) is 39.3 cm³/mol. The van der Waals surface area contributed by atoms with Crippen LogP contribution in [0.2, 0.25) is 0 Å². The van der Waals surface area contributed by atoms with Crippen LogP contribution in [0.1, 0.15) is 12.8 Å². The monoisotopic (exact) mass is 153 g/mol. The second-order valence-corrected chi connectivity index (χ2v) is 2.75. The lowest BCUT2D eigenvalue weighted by Crippen LogP contribution is -2.26. The van der Waals surface area contributed by atoms with E-state index in [9.17, 15) is 4.79 Å². The van der Waals surface area contributed by atoms with Gasteiger partial charge < -0.3 is 11.1 Å². The van der Waals surface area contributed by atoms with E-state index in [2.05, 4.69) is 5.32 Å². The summed E-state index contributed by atoms with van der Waals surface area (Å²) in [5.74, 6) is 0.000324. The maximum Gasteiger partial charge on any atom is 0.223 e. The molecule has 0 bridgehead atoms. The van der Waals surface area contributed by atoms with Crippen molar-refractivity contribution < 1.29 is 4.79 Å². The van der Waals surface area contributed by atoms with Gasteiger partial charge in [0, 0.05) is 12.5 Å². The van der Waals surface area contributed by atoms with Crippen molar-refractivity contribution in [1.82, 2.24) is 5.32 Å². The smallest absolute Gasteiger partial charge is 0.223 e. The molecule has 11 heavy (non-hydrogen) atoms. The fourth-order valence-electron chi connectivity index (χ4n) is 1.23. The standard InChI is InChI=1S/C7H11N3O/c8-4-6(9)3-5-1-2-10-7(5)11/h5-6H,1-3,9H2,(H,10,11)/t5-,6+/m0/s1. The number of nitriles is 1. The molecule has 0 aromatic carbocycles. The Balaban J connectivity index is 2.38. The van der Waals surface area contributed by atoms with Crippen LogP contribution in [0, 0.1) is 17.2 Å². The molecule has 4 heteroatoms. The number of carbonyl (C=O) groups is 1. The van der Waals surface area contributed by atoms with Crippen LogP contribution in [-0.2, 0) is 4.79 Å². The Kier molecular flexibility index (Phi) is 2.44. The molecule has 3 N–H and O–H groups in total. The largest absolute Gasteiger partial charge is 0.356 e. The Bertz CT molecular complexity index is 196. The van der Waals surface area contributed by atoms with Crippen molar-refractivity contribution in [3.05, 3.63) is 0 Å². The Morgan fingerprint density at radius 2 is 2.64 bits per heavy atom. The Morgan fingerprint density at radius 1 is 1.91 bits per heavy atom. The molecule has 4 nitrogen and oxygen atoms in total. The normalized spacial score (nSPS) is 25.8. The average Bonchev–Trinajstić information content (AvgIpc) is 2.37. The minimum absolute atomic E-state index is 0.0374. The zero-order valence-electron chi connectivity index (χ0n) is 6.21. The van der Waals surface area contributed by atoms with E-state index in [1.54, 1.807) is 0 Å². The summed E-state index contributed by atoms with van der Waals surface area (Å²) in [6, 6.07) is 1.41.